The van der Waals surface area contributed by atoms with Gasteiger partial charge in [0.2, 0.25) is 5.78 Å². The molecule has 3 heteroatoms. The van der Waals surface area contributed by atoms with Crippen LogP contribution in [0, 0.1) is 13.8 Å². The zero-order valence-corrected chi connectivity index (χ0v) is 9.69. The van der Waals surface area contributed by atoms with E-state index in [2.05, 4.69) is 4.98 Å². The number of hydrogen-bond acceptors (Lipinski definition) is 2. The molecule has 0 saturated heterocycles. The zero-order chi connectivity index (χ0) is 11.7. The summed E-state index contributed by atoms with van der Waals surface area (Å²) in [6.45, 7) is 3.76. The Morgan fingerprint density at radius 3 is 2.31 bits per heavy atom. The molecule has 0 radical (unpaired) electrons. The van der Waals surface area contributed by atoms with Gasteiger partial charge in [-0.15, -0.1) is 0 Å². The molecule has 0 fully saturated rings. The predicted molar refractivity (Wildman–Crippen MR) is 62.6 cm³/mol. The van der Waals surface area contributed by atoms with Crippen molar-refractivity contribution in [1.82, 2.24) is 9.55 Å². The van der Waals surface area contributed by atoms with Gasteiger partial charge in [0, 0.05) is 12.6 Å². The van der Waals surface area contributed by atoms with Crippen LogP contribution in [0.1, 0.15) is 27.6 Å². The van der Waals surface area contributed by atoms with Crippen molar-refractivity contribution in [3.8, 4) is 0 Å². The standard InChI is InChI=1S/C13H14N2O/c1-9-12(15(3)10(2)14-9)13(16)11-7-5-4-6-8-11/h4-8H,1-3H3. The van der Waals surface area contributed by atoms with Crippen LogP contribution in [0.3, 0.4) is 0 Å². The van der Waals surface area contributed by atoms with Crippen LogP contribution in [-0.2, 0) is 7.05 Å². The Bertz CT molecular complexity index is 526. The van der Waals surface area contributed by atoms with E-state index in [0.29, 0.717) is 11.3 Å². The van der Waals surface area contributed by atoms with E-state index in [1.807, 2.05) is 55.8 Å². The minimum Gasteiger partial charge on any atom is -0.328 e. The van der Waals surface area contributed by atoms with E-state index < -0.39 is 0 Å². The van der Waals surface area contributed by atoms with Crippen LogP contribution in [0.25, 0.3) is 0 Å². The molecule has 0 unspecified atom stereocenters. The number of aryl methyl sites for hydroxylation is 2. The summed E-state index contributed by atoms with van der Waals surface area (Å²) in [6.07, 6.45) is 0. The highest BCUT2D eigenvalue weighted by atomic mass is 16.1. The average Bonchev–Trinajstić information content (AvgIpc) is 2.54. The zero-order valence-electron chi connectivity index (χ0n) is 9.69. The fourth-order valence-corrected chi connectivity index (χ4v) is 1.82. The van der Waals surface area contributed by atoms with Gasteiger partial charge in [0.1, 0.15) is 11.5 Å². The molecule has 0 aliphatic heterocycles. The van der Waals surface area contributed by atoms with Gasteiger partial charge in [0.05, 0.1) is 5.69 Å². The summed E-state index contributed by atoms with van der Waals surface area (Å²) in [5.41, 5.74) is 2.16. The molecule has 1 aromatic heterocycles. The van der Waals surface area contributed by atoms with Gasteiger partial charge in [-0.2, -0.15) is 0 Å². The predicted octanol–water partition coefficient (Wildman–Crippen LogP) is 2.27. The molecule has 3 nitrogen and oxygen atoms in total. The van der Waals surface area contributed by atoms with Gasteiger partial charge in [-0.1, -0.05) is 30.3 Å². The molecule has 0 saturated carbocycles. The number of aromatic nitrogens is 2. The highest BCUT2D eigenvalue weighted by Gasteiger charge is 2.17. The largest absolute Gasteiger partial charge is 0.328 e. The second-order valence-corrected chi connectivity index (χ2v) is 3.85. The molecular weight excluding hydrogens is 200 g/mol. The average molecular weight is 214 g/mol. The van der Waals surface area contributed by atoms with Crippen LogP contribution >= 0.6 is 0 Å². The van der Waals surface area contributed by atoms with E-state index in [1.54, 1.807) is 0 Å². The Morgan fingerprint density at radius 2 is 1.81 bits per heavy atom. The SMILES string of the molecule is Cc1nc(C)n(C)c1C(=O)c1ccccc1. The molecule has 1 heterocycles. The van der Waals surface area contributed by atoms with Crippen molar-refractivity contribution in [1.29, 1.82) is 0 Å². The van der Waals surface area contributed by atoms with Crippen molar-refractivity contribution >= 4 is 5.78 Å². The molecule has 82 valence electrons. The van der Waals surface area contributed by atoms with Crippen molar-refractivity contribution < 1.29 is 4.79 Å². The maximum absolute atomic E-state index is 12.2. The summed E-state index contributed by atoms with van der Waals surface area (Å²) in [6, 6.07) is 9.28. The number of ketones is 1. The van der Waals surface area contributed by atoms with Crippen molar-refractivity contribution in [2.75, 3.05) is 0 Å². The van der Waals surface area contributed by atoms with Crippen molar-refractivity contribution in [2.24, 2.45) is 7.05 Å². The fraction of sp³-hybridized carbons (Fsp3) is 0.231. The van der Waals surface area contributed by atoms with Crippen LogP contribution in [0.5, 0.6) is 0 Å². The molecule has 0 aliphatic carbocycles. The number of carbonyl (C=O) groups excluding carboxylic acids is 1. The van der Waals surface area contributed by atoms with Gasteiger partial charge in [-0.3, -0.25) is 4.79 Å². The van der Waals surface area contributed by atoms with E-state index in [9.17, 15) is 4.79 Å². The van der Waals surface area contributed by atoms with Gasteiger partial charge in [0.25, 0.3) is 0 Å². The van der Waals surface area contributed by atoms with E-state index in [0.717, 1.165) is 11.5 Å². The smallest absolute Gasteiger partial charge is 0.211 e. The summed E-state index contributed by atoms with van der Waals surface area (Å²) in [5, 5.41) is 0. The Kier molecular flexibility index (Phi) is 2.60. The summed E-state index contributed by atoms with van der Waals surface area (Å²) >= 11 is 0. The summed E-state index contributed by atoms with van der Waals surface area (Å²) in [5.74, 6) is 0.887. The quantitative estimate of drug-likeness (QED) is 0.719. The Hall–Kier alpha value is -1.90. The van der Waals surface area contributed by atoms with Crippen molar-refractivity contribution in [3.63, 3.8) is 0 Å². The maximum atomic E-state index is 12.2. The molecule has 2 rings (SSSR count). The molecule has 2 aromatic rings. The lowest BCUT2D eigenvalue weighted by Crippen LogP contribution is -2.09. The number of rotatable bonds is 2. The monoisotopic (exact) mass is 214 g/mol. The van der Waals surface area contributed by atoms with Crippen LogP contribution in [0.2, 0.25) is 0 Å². The van der Waals surface area contributed by atoms with Gasteiger partial charge in [0.15, 0.2) is 0 Å². The second-order valence-electron chi connectivity index (χ2n) is 3.85. The fourth-order valence-electron chi connectivity index (χ4n) is 1.82. The summed E-state index contributed by atoms with van der Waals surface area (Å²) in [7, 11) is 1.87. The molecule has 0 bridgehead atoms. The normalized spacial score (nSPS) is 10.4. The number of hydrogen-bond donors (Lipinski definition) is 0. The highest BCUT2D eigenvalue weighted by molar-refractivity contribution is 6.08. The highest BCUT2D eigenvalue weighted by Crippen LogP contribution is 2.14. The molecule has 0 aliphatic rings. The third-order valence-corrected chi connectivity index (χ3v) is 2.74. The molecule has 0 N–H and O–H groups in total. The second kappa shape index (κ2) is 3.93. The van der Waals surface area contributed by atoms with E-state index in [1.165, 1.54) is 0 Å². The van der Waals surface area contributed by atoms with Gasteiger partial charge < -0.3 is 4.57 Å². The van der Waals surface area contributed by atoms with Crippen LogP contribution in [0.4, 0.5) is 0 Å². The third kappa shape index (κ3) is 1.65. The van der Waals surface area contributed by atoms with Gasteiger partial charge >= 0.3 is 0 Å². The Morgan fingerprint density at radius 1 is 1.19 bits per heavy atom. The Labute approximate surface area is 94.7 Å². The topological polar surface area (TPSA) is 34.9 Å². The molecule has 0 amide bonds. The lowest BCUT2D eigenvalue weighted by molar-refractivity contribution is 0.103. The number of benzene rings is 1. The molecule has 16 heavy (non-hydrogen) atoms. The minimum atomic E-state index is 0.0289. The first-order chi connectivity index (χ1) is 7.61. The first-order valence-electron chi connectivity index (χ1n) is 5.21. The van der Waals surface area contributed by atoms with Crippen molar-refractivity contribution in [3.05, 3.63) is 53.1 Å². The molecule has 0 atom stereocenters. The number of carbonyl (C=O) groups is 1. The maximum Gasteiger partial charge on any atom is 0.211 e. The van der Waals surface area contributed by atoms with E-state index >= 15 is 0 Å². The first-order valence-corrected chi connectivity index (χ1v) is 5.21. The summed E-state index contributed by atoms with van der Waals surface area (Å²) < 4.78 is 1.84. The Balaban J connectivity index is 2.50. The summed E-state index contributed by atoms with van der Waals surface area (Å²) in [4.78, 5) is 16.5. The van der Waals surface area contributed by atoms with Gasteiger partial charge in [-0.25, -0.2) is 4.98 Å². The van der Waals surface area contributed by atoms with Crippen molar-refractivity contribution in [2.45, 2.75) is 13.8 Å². The minimum absolute atomic E-state index is 0.0289. The lowest BCUT2D eigenvalue weighted by atomic mass is 10.1. The molecular formula is C13H14N2O. The first kappa shape index (κ1) is 10.6. The lowest BCUT2D eigenvalue weighted by Gasteiger charge is -2.03. The number of nitrogens with zero attached hydrogens (tertiary/aromatic N) is 2. The third-order valence-electron chi connectivity index (χ3n) is 2.74. The molecule has 1 aromatic carbocycles. The van der Waals surface area contributed by atoms with E-state index in [4.69, 9.17) is 0 Å². The van der Waals surface area contributed by atoms with E-state index in [-0.39, 0.29) is 5.78 Å². The molecule has 0 spiro atoms. The van der Waals surface area contributed by atoms with Crippen LogP contribution < -0.4 is 0 Å². The van der Waals surface area contributed by atoms with Crippen LogP contribution in [-0.4, -0.2) is 15.3 Å². The number of imidazole rings is 1. The van der Waals surface area contributed by atoms with Gasteiger partial charge in [-0.05, 0) is 13.8 Å². The van der Waals surface area contributed by atoms with Crippen LogP contribution in [0.15, 0.2) is 30.3 Å².